The average molecular weight is 479 g/mol. The summed E-state index contributed by atoms with van der Waals surface area (Å²) in [5.74, 6) is -0.290. The number of carbonyl (C=O) groups is 2. The normalized spacial score (nSPS) is 16.0. The first-order chi connectivity index (χ1) is 13.1. The maximum absolute atomic E-state index is 12.3. The van der Waals surface area contributed by atoms with Crippen molar-refractivity contribution in [1.29, 1.82) is 0 Å². The zero-order valence-electron chi connectivity index (χ0n) is 14.8. The molecule has 0 saturated carbocycles. The molecule has 3 N–H and O–H groups in total. The lowest BCUT2D eigenvalue weighted by molar-refractivity contribution is -0.114. The Morgan fingerprint density at radius 3 is 2.67 bits per heavy atom. The molecule has 1 aliphatic rings. The van der Waals surface area contributed by atoms with Gasteiger partial charge in [0, 0.05) is 33.7 Å². The number of hydrogen-bond acceptors (Lipinski definition) is 4. The van der Waals surface area contributed by atoms with Crippen molar-refractivity contribution < 1.29 is 14.3 Å². The first-order valence-corrected chi connectivity index (χ1v) is 9.97. The lowest BCUT2D eigenvalue weighted by Gasteiger charge is -2.12. The number of anilines is 2. The Morgan fingerprint density at radius 2 is 1.93 bits per heavy atom. The predicted molar refractivity (Wildman–Crippen MR) is 114 cm³/mol. The van der Waals surface area contributed by atoms with Gasteiger partial charge in [-0.3, -0.25) is 9.59 Å². The van der Waals surface area contributed by atoms with Crippen LogP contribution in [-0.2, 0) is 9.53 Å². The van der Waals surface area contributed by atoms with Gasteiger partial charge in [-0.2, -0.15) is 0 Å². The minimum absolute atomic E-state index is 0.111. The van der Waals surface area contributed by atoms with Gasteiger partial charge in [-0.05, 0) is 77.9 Å². The topological polar surface area (TPSA) is 79.5 Å². The predicted octanol–water partition coefficient (Wildman–Crippen LogP) is 3.25. The first kappa shape index (κ1) is 19.6. The lowest BCUT2D eigenvalue weighted by Crippen LogP contribution is -2.31. The van der Waals surface area contributed by atoms with Crippen LogP contribution in [0.5, 0.6) is 0 Å². The highest BCUT2D eigenvalue weighted by Crippen LogP contribution is 2.14. The molecular weight excluding hydrogens is 457 g/mol. The van der Waals surface area contributed by atoms with Gasteiger partial charge in [0.05, 0.1) is 12.6 Å². The molecule has 2 aromatic rings. The Balaban J connectivity index is 1.48. The van der Waals surface area contributed by atoms with Crippen LogP contribution in [0, 0.1) is 3.57 Å². The molecule has 0 aromatic heterocycles. The third kappa shape index (κ3) is 6.21. The van der Waals surface area contributed by atoms with Crippen LogP contribution in [0.15, 0.2) is 48.5 Å². The SMILES string of the molecule is O=C(CNc1cccc(C(=O)NCC2CCCO2)c1)Nc1ccc(I)cc1. The Labute approximate surface area is 172 Å². The molecule has 0 spiro atoms. The van der Waals surface area contributed by atoms with Gasteiger partial charge in [-0.1, -0.05) is 6.07 Å². The fourth-order valence-electron chi connectivity index (χ4n) is 2.81. The van der Waals surface area contributed by atoms with E-state index in [1.54, 1.807) is 18.2 Å². The van der Waals surface area contributed by atoms with Crippen LogP contribution in [0.1, 0.15) is 23.2 Å². The van der Waals surface area contributed by atoms with E-state index in [4.69, 9.17) is 4.74 Å². The standard InChI is InChI=1S/C20H22IN3O3/c21-15-6-8-16(9-7-15)24-19(25)13-22-17-4-1-3-14(11-17)20(26)23-12-18-5-2-10-27-18/h1,3-4,6-9,11,18,22H,2,5,10,12-13H2,(H,23,26)(H,24,25). The fourth-order valence-corrected chi connectivity index (χ4v) is 3.16. The summed E-state index contributed by atoms with van der Waals surface area (Å²) in [6.07, 6.45) is 2.14. The molecule has 1 atom stereocenters. The van der Waals surface area contributed by atoms with E-state index in [1.165, 1.54) is 0 Å². The molecule has 0 radical (unpaired) electrons. The summed E-state index contributed by atoms with van der Waals surface area (Å²) in [4.78, 5) is 24.4. The summed E-state index contributed by atoms with van der Waals surface area (Å²) in [7, 11) is 0. The van der Waals surface area contributed by atoms with Crippen LogP contribution >= 0.6 is 22.6 Å². The van der Waals surface area contributed by atoms with Crippen molar-refractivity contribution in [2.75, 3.05) is 30.3 Å². The number of ether oxygens (including phenoxy) is 1. The Kier molecular flexibility index (Phi) is 7.05. The number of amides is 2. The van der Waals surface area contributed by atoms with Crippen molar-refractivity contribution >= 4 is 45.8 Å². The average Bonchev–Trinajstić information content (AvgIpc) is 3.20. The molecule has 2 aromatic carbocycles. The van der Waals surface area contributed by atoms with E-state index < -0.39 is 0 Å². The monoisotopic (exact) mass is 479 g/mol. The number of halogens is 1. The van der Waals surface area contributed by atoms with Crippen molar-refractivity contribution in [3.05, 3.63) is 57.7 Å². The van der Waals surface area contributed by atoms with Crippen molar-refractivity contribution in [2.24, 2.45) is 0 Å². The molecule has 7 heteroatoms. The molecule has 1 aliphatic heterocycles. The van der Waals surface area contributed by atoms with E-state index in [0.29, 0.717) is 12.1 Å². The zero-order chi connectivity index (χ0) is 19.1. The number of carbonyl (C=O) groups excluding carboxylic acids is 2. The second-order valence-electron chi connectivity index (χ2n) is 6.33. The highest BCUT2D eigenvalue weighted by atomic mass is 127. The number of benzene rings is 2. The molecule has 2 amide bonds. The van der Waals surface area contributed by atoms with E-state index in [2.05, 4.69) is 38.5 Å². The summed E-state index contributed by atoms with van der Waals surface area (Å²) in [6.45, 7) is 1.41. The molecule has 1 saturated heterocycles. The summed E-state index contributed by atoms with van der Waals surface area (Å²) in [6, 6.07) is 14.7. The van der Waals surface area contributed by atoms with Crippen LogP contribution in [0.25, 0.3) is 0 Å². The second-order valence-corrected chi connectivity index (χ2v) is 7.58. The van der Waals surface area contributed by atoms with Gasteiger partial charge >= 0.3 is 0 Å². The van der Waals surface area contributed by atoms with E-state index >= 15 is 0 Å². The number of hydrogen-bond donors (Lipinski definition) is 3. The van der Waals surface area contributed by atoms with Crippen LogP contribution in [-0.4, -0.2) is 37.6 Å². The fraction of sp³-hybridized carbons (Fsp3) is 0.300. The molecule has 3 rings (SSSR count). The second kappa shape index (κ2) is 9.70. The largest absolute Gasteiger partial charge is 0.376 e. The summed E-state index contributed by atoms with van der Waals surface area (Å²) < 4.78 is 6.62. The maximum Gasteiger partial charge on any atom is 0.251 e. The smallest absolute Gasteiger partial charge is 0.251 e. The molecule has 1 fully saturated rings. The first-order valence-electron chi connectivity index (χ1n) is 8.89. The molecule has 6 nitrogen and oxygen atoms in total. The lowest BCUT2D eigenvalue weighted by atomic mass is 10.1. The van der Waals surface area contributed by atoms with Gasteiger partial charge < -0.3 is 20.7 Å². The Hall–Kier alpha value is -2.13. The van der Waals surface area contributed by atoms with Crippen molar-refractivity contribution in [3.63, 3.8) is 0 Å². The summed E-state index contributed by atoms with van der Waals surface area (Å²) in [5, 5.41) is 8.78. The molecule has 1 unspecified atom stereocenters. The molecular formula is C20H22IN3O3. The summed E-state index contributed by atoms with van der Waals surface area (Å²) in [5.41, 5.74) is 2.03. The van der Waals surface area contributed by atoms with Gasteiger partial charge in [-0.15, -0.1) is 0 Å². The van der Waals surface area contributed by atoms with E-state index in [9.17, 15) is 9.59 Å². The third-order valence-corrected chi connectivity index (χ3v) is 4.94. The van der Waals surface area contributed by atoms with Crippen LogP contribution in [0.2, 0.25) is 0 Å². The molecule has 27 heavy (non-hydrogen) atoms. The number of nitrogens with one attached hydrogen (secondary N) is 3. The van der Waals surface area contributed by atoms with Crippen molar-refractivity contribution in [3.8, 4) is 0 Å². The maximum atomic E-state index is 12.3. The Bertz CT molecular complexity index is 789. The van der Waals surface area contributed by atoms with Crippen molar-refractivity contribution in [2.45, 2.75) is 18.9 Å². The van der Waals surface area contributed by atoms with Gasteiger partial charge in [0.15, 0.2) is 0 Å². The molecule has 142 valence electrons. The zero-order valence-corrected chi connectivity index (χ0v) is 17.0. The quantitative estimate of drug-likeness (QED) is 0.533. The summed E-state index contributed by atoms with van der Waals surface area (Å²) >= 11 is 2.21. The molecule has 0 bridgehead atoms. The van der Waals surface area contributed by atoms with Crippen LogP contribution in [0.3, 0.4) is 0 Å². The minimum Gasteiger partial charge on any atom is -0.376 e. The van der Waals surface area contributed by atoms with Gasteiger partial charge in [0.2, 0.25) is 5.91 Å². The number of rotatable bonds is 7. The molecule has 0 aliphatic carbocycles. The highest BCUT2D eigenvalue weighted by molar-refractivity contribution is 14.1. The van der Waals surface area contributed by atoms with Gasteiger partial charge in [-0.25, -0.2) is 0 Å². The van der Waals surface area contributed by atoms with E-state index in [1.807, 2.05) is 30.3 Å². The highest BCUT2D eigenvalue weighted by Gasteiger charge is 2.16. The Morgan fingerprint density at radius 1 is 1.11 bits per heavy atom. The minimum atomic E-state index is -0.149. The molecule has 1 heterocycles. The van der Waals surface area contributed by atoms with E-state index in [0.717, 1.165) is 34.4 Å². The van der Waals surface area contributed by atoms with Crippen molar-refractivity contribution in [1.82, 2.24) is 5.32 Å². The van der Waals surface area contributed by atoms with Crippen LogP contribution < -0.4 is 16.0 Å². The van der Waals surface area contributed by atoms with Gasteiger partial charge in [0.1, 0.15) is 0 Å². The third-order valence-electron chi connectivity index (χ3n) is 4.22. The van der Waals surface area contributed by atoms with Gasteiger partial charge in [0.25, 0.3) is 5.91 Å². The van der Waals surface area contributed by atoms with E-state index in [-0.39, 0.29) is 24.5 Å². The van der Waals surface area contributed by atoms with Crippen LogP contribution in [0.4, 0.5) is 11.4 Å².